The molecule has 0 N–H and O–H groups in total. The summed E-state index contributed by atoms with van der Waals surface area (Å²) >= 11 is 0. The van der Waals surface area contributed by atoms with E-state index in [-0.39, 0.29) is 18.9 Å². The van der Waals surface area contributed by atoms with Gasteiger partial charge >= 0.3 is 6.18 Å². The number of likely N-dealkylation sites (N-methyl/N-ethyl adjacent to an activating group) is 1. The first kappa shape index (κ1) is 21.0. The van der Waals surface area contributed by atoms with Gasteiger partial charge in [0.2, 0.25) is 5.91 Å². The van der Waals surface area contributed by atoms with Gasteiger partial charge in [-0.2, -0.15) is 18.3 Å². The number of aromatic nitrogens is 2. The molecule has 1 heterocycles. The van der Waals surface area contributed by atoms with Crippen LogP contribution in [-0.2, 0) is 30.5 Å². The number of nitrogens with zero attached hydrogens (tertiary/aromatic N) is 3. The van der Waals surface area contributed by atoms with Gasteiger partial charge in [-0.15, -0.1) is 0 Å². The maximum Gasteiger partial charge on any atom is 0.416 e. The number of hydrogen-bond acceptors (Lipinski definition) is 2. The van der Waals surface area contributed by atoms with Gasteiger partial charge in [0, 0.05) is 31.4 Å². The number of benzene rings is 1. The molecule has 0 radical (unpaired) electrons. The number of amides is 1. The van der Waals surface area contributed by atoms with E-state index in [1.165, 1.54) is 17.0 Å². The summed E-state index contributed by atoms with van der Waals surface area (Å²) in [5, 5.41) is 4.52. The van der Waals surface area contributed by atoms with Crippen LogP contribution in [0.3, 0.4) is 0 Å². The maximum atomic E-state index is 12.6. The molecular formula is C20H26F3N3O. The van der Waals surface area contributed by atoms with Gasteiger partial charge in [-0.25, -0.2) is 0 Å². The van der Waals surface area contributed by atoms with E-state index in [0.29, 0.717) is 11.5 Å². The molecule has 0 aliphatic heterocycles. The largest absolute Gasteiger partial charge is 0.416 e. The first-order chi connectivity index (χ1) is 12.5. The summed E-state index contributed by atoms with van der Waals surface area (Å²) in [6.45, 7) is 9.12. The van der Waals surface area contributed by atoms with Gasteiger partial charge < -0.3 is 4.90 Å². The molecule has 0 aliphatic rings. The summed E-state index contributed by atoms with van der Waals surface area (Å²) in [6, 6.07) is 4.89. The Bertz CT molecular complexity index is 792. The molecule has 2 aromatic rings. The summed E-state index contributed by atoms with van der Waals surface area (Å²) < 4.78 is 39.8. The molecule has 2 rings (SSSR count). The lowest BCUT2D eigenvalue weighted by Gasteiger charge is -2.18. The fourth-order valence-corrected chi connectivity index (χ4v) is 2.96. The van der Waals surface area contributed by atoms with Gasteiger partial charge in [0.1, 0.15) is 0 Å². The highest BCUT2D eigenvalue weighted by atomic mass is 19.4. The smallest absolute Gasteiger partial charge is 0.341 e. The Hall–Kier alpha value is -2.31. The molecule has 0 bridgehead atoms. The van der Waals surface area contributed by atoms with Gasteiger partial charge in [-0.1, -0.05) is 26.0 Å². The monoisotopic (exact) mass is 381 g/mol. The SMILES string of the molecule is Cc1nn(CC(C)C)c(C)c1CC(=O)N(C)Cc1ccc(C(F)(F)F)cc1. The number of aryl methyl sites for hydroxylation is 1. The molecule has 1 aromatic heterocycles. The highest BCUT2D eigenvalue weighted by Crippen LogP contribution is 2.29. The summed E-state index contributed by atoms with van der Waals surface area (Å²) in [5.41, 5.74) is 2.70. The molecule has 0 fully saturated rings. The van der Waals surface area contributed by atoms with E-state index < -0.39 is 11.7 Å². The van der Waals surface area contributed by atoms with Crippen molar-refractivity contribution in [3.8, 4) is 0 Å². The van der Waals surface area contributed by atoms with E-state index in [9.17, 15) is 18.0 Å². The molecule has 7 heteroatoms. The molecule has 0 spiro atoms. The van der Waals surface area contributed by atoms with Crippen LogP contribution < -0.4 is 0 Å². The van der Waals surface area contributed by atoms with Crippen molar-refractivity contribution in [3.63, 3.8) is 0 Å². The average molecular weight is 381 g/mol. The average Bonchev–Trinajstić information content (AvgIpc) is 2.81. The number of halogens is 3. The van der Waals surface area contributed by atoms with E-state index >= 15 is 0 Å². The van der Waals surface area contributed by atoms with Crippen LogP contribution in [0.15, 0.2) is 24.3 Å². The molecule has 0 aliphatic carbocycles. The van der Waals surface area contributed by atoms with Gasteiger partial charge in [0.25, 0.3) is 0 Å². The minimum atomic E-state index is -4.36. The fourth-order valence-electron chi connectivity index (χ4n) is 2.96. The van der Waals surface area contributed by atoms with Gasteiger partial charge in [-0.3, -0.25) is 9.48 Å². The third-order valence-corrected chi connectivity index (χ3v) is 4.52. The highest BCUT2D eigenvalue weighted by Gasteiger charge is 2.30. The Morgan fingerprint density at radius 3 is 2.30 bits per heavy atom. The number of carbonyl (C=O) groups is 1. The maximum absolute atomic E-state index is 12.6. The van der Waals surface area contributed by atoms with E-state index in [2.05, 4.69) is 18.9 Å². The molecule has 0 unspecified atom stereocenters. The normalized spacial score (nSPS) is 11.9. The topological polar surface area (TPSA) is 38.1 Å². The first-order valence-electron chi connectivity index (χ1n) is 8.92. The fraction of sp³-hybridized carbons (Fsp3) is 0.500. The van der Waals surface area contributed by atoms with Crippen molar-refractivity contribution in [2.24, 2.45) is 5.92 Å². The molecular weight excluding hydrogens is 355 g/mol. The second-order valence-electron chi connectivity index (χ2n) is 7.35. The predicted molar refractivity (Wildman–Crippen MR) is 98.2 cm³/mol. The van der Waals surface area contributed by atoms with Crippen molar-refractivity contribution < 1.29 is 18.0 Å². The van der Waals surface area contributed by atoms with Gasteiger partial charge in [-0.05, 0) is 37.5 Å². The number of alkyl halides is 3. The second-order valence-corrected chi connectivity index (χ2v) is 7.35. The van der Waals surface area contributed by atoms with Crippen LogP contribution in [0.25, 0.3) is 0 Å². The molecule has 0 saturated carbocycles. The van der Waals surface area contributed by atoms with Crippen LogP contribution in [0.1, 0.15) is 41.9 Å². The lowest BCUT2D eigenvalue weighted by molar-refractivity contribution is -0.137. The highest BCUT2D eigenvalue weighted by molar-refractivity contribution is 5.79. The summed E-state index contributed by atoms with van der Waals surface area (Å²) in [6.07, 6.45) is -4.13. The van der Waals surface area contributed by atoms with Crippen molar-refractivity contribution in [3.05, 3.63) is 52.3 Å². The Morgan fingerprint density at radius 2 is 1.78 bits per heavy atom. The number of rotatable bonds is 6. The van der Waals surface area contributed by atoms with Crippen molar-refractivity contribution >= 4 is 5.91 Å². The molecule has 148 valence electrons. The van der Waals surface area contributed by atoms with E-state index in [1.807, 2.05) is 18.5 Å². The summed E-state index contributed by atoms with van der Waals surface area (Å²) in [7, 11) is 1.66. The Kier molecular flexibility index (Phi) is 6.34. The molecule has 4 nitrogen and oxygen atoms in total. The third-order valence-electron chi connectivity index (χ3n) is 4.52. The lowest BCUT2D eigenvalue weighted by atomic mass is 10.1. The Labute approximate surface area is 158 Å². The Morgan fingerprint density at radius 1 is 1.19 bits per heavy atom. The third kappa shape index (κ3) is 5.34. The van der Waals surface area contributed by atoms with Crippen LogP contribution in [0.5, 0.6) is 0 Å². The summed E-state index contributed by atoms with van der Waals surface area (Å²) in [5.74, 6) is 0.360. The van der Waals surface area contributed by atoms with Crippen LogP contribution in [-0.4, -0.2) is 27.6 Å². The zero-order valence-corrected chi connectivity index (χ0v) is 16.4. The standard InChI is InChI=1S/C20H26F3N3O/c1-13(2)11-26-15(4)18(14(3)24-26)10-19(27)25(5)12-16-6-8-17(9-7-16)20(21,22)23/h6-9,13H,10-12H2,1-5H3. The van der Waals surface area contributed by atoms with Crippen LogP contribution in [0.2, 0.25) is 0 Å². The molecule has 27 heavy (non-hydrogen) atoms. The van der Waals surface area contributed by atoms with E-state index in [1.54, 1.807) is 7.05 Å². The molecule has 1 aromatic carbocycles. The number of carbonyl (C=O) groups excluding carboxylic acids is 1. The zero-order chi connectivity index (χ0) is 20.4. The molecule has 0 saturated heterocycles. The minimum Gasteiger partial charge on any atom is -0.341 e. The molecule has 0 atom stereocenters. The van der Waals surface area contributed by atoms with Crippen molar-refractivity contribution in [1.29, 1.82) is 0 Å². The van der Waals surface area contributed by atoms with Crippen molar-refractivity contribution in [2.75, 3.05) is 7.05 Å². The Balaban J connectivity index is 2.05. The quantitative estimate of drug-likeness (QED) is 0.745. The second kappa shape index (κ2) is 8.15. The lowest BCUT2D eigenvalue weighted by Crippen LogP contribution is -2.28. The summed E-state index contributed by atoms with van der Waals surface area (Å²) in [4.78, 5) is 14.1. The van der Waals surface area contributed by atoms with Gasteiger partial charge in [0.15, 0.2) is 0 Å². The van der Waals surface area contributed by atoms with Crippen LogP contribution >= 0.6 is 0 Å². The van der Waals surface area contributed by atoms with Crippen LogP contribution in [0, 0.1) is 19.8 Å². The van der Waals surface area contributed by atoms with Crippen molar-refractivity contribution in [1.82, 2.24) is 14.7 Å². The van der Waals surface area contributed by atoms with Crippen molar-refractivity contribution in [2.45, 2.75) is 53.4 Å². The zero-order valence-electron chi connectivity index (χ0n) is 16.4. The van der Waals surface area contributed by atoms with E-state index in [4.69, 9.17) is 0 Å². The number of hydrogen-bond donors (Lipinski definition) is 0. The predicted octanol–water partition coefficient (Wildman–Crippen LogP) is 4.38. The minimum absolute atomic E-state index is 0.0924. The van der Waals surface area contributed by atoms with E-state index in [0.717, 1.165) is 35.6 Å². The molecule has 1 amide bonds. The first-order valence-corrected chi connectivity index (χ1v) is 8.92. The van der Waals surface area contributed by atoms with Gasteiger partial charge in [0.05, 0.1) is 17.7 Å². The van der Waals surface area contributed by atoms with Crippen LogP contribution in [0.4, 0.5) is 13.2 Å².